The van der Waals surface area contributed by atoms with Gasteiger partial charge < -0.3 is 10.6 Å². The Hall–Kier alpha value is -1.09. The molecule has 15 heavy (non-hydrogen) atoms. The number of rotatable bonds is 3. The van der Waals surface area contributed by atoms with Crippen LogP contribution in [0.15, 0.2) is 24.3 Å². The monoisotopic (exact) mass is 208 g/mol. The van der Waals surface area contributed by atoms with Gasteiger partial charge >= 0.3 is 0 Å². The normalized spacial score (nSPS) is 17.7. The first-order chi connectivity index (χ1) is 7.38. The topological polar surface area (TPSA) is 24.1 Å². The van der Waals surface area contributed by atoms with E-state index in [2.05, 4.69) is 10.6 Å². The molecule has 0 radical (unpaired) electrons. The molecule has 0 bridgehead atoms. The van der Waals surface area contributed by atoms with Gasteiger partial charge in [-0.15, -0.1) is 0 Å². The summed E-state index contributed by atoms with van der Waals surface area (Å²) in [6, 6.07) is 8.14. The van der Waals surface area contributed by atoms with Gasteiger partial charge in [-0.05, 0) is 43.6 Å². The Kier molecular flexibility index (Phi) is 3.56. The molecule has 1 saturated heterocycles. The van der Waals surface area contributed by atoms with E-state index in [1.165, 1.54) is 0 Å². The van der Waals surface area contributed by atoms with Crippen molar-refractivity contribution in [2.24, 2.45) is 0 Å². The summed E-state index contributed by atoms with van der Waals surface area (Å²) in [4.78, 5) is 0. The highest BCUT2D eigenvalue weighted by Crippen LogP contribution is 2.14. The number of benzene rings is 1. The maximum atomic E-state index is 12.3. The van der Waals surface area contributed by atoms with E-state index in [0.29, 0.717) is 6.04 Å². The van der Waals surface area contributed by atoms with Crippen molar-refractivity contribution in [2.45, 2.75) is 25.6 Å². The van der Waals surface area contributed by atoms with Crippen molar-refractivity contribution in [3.8, 4) is 0 Å². The van der Waals surface area contributed by atoms with Crippen molar-refractivity contribution in [1.29, 1.82) is 0 Å². The number of hydrogen-bond donors (Lipinski definition) is 2. The minimum Gasteiger partial charge on any atom is -0.382 e. The fourth-order valence-corrected chi connectivity index (χ4v) is 1.89. The molecule has 0 aliphatic carbocycles. The van der Waals surface area contributed by atoms with Crippen LogP contribution in [0.5, 0.6) is 0 Å². The molecule has 0 saturated carbocycles. The van der Waals surface area contributed by atoms with Gasteiger partial charge in [0.05, 0.1) is 0 Å². The summed E-state index contributed by atoms with van der Waals surface area (Å²) >= 11 is 0. The zero-order valence-electron chi connectivity index (χ0n) is 8.80. The van der Waals surface area contributed by atoms with Crippen LogP contribution in [-0.2, 0) is 6.67 Å². The predicted octanol–water partition coefficient (Wildman–Crippen LogP) is 2.32. The number of halogens is 1. The van der Waals surface area contributed by atoms with Crippen molar-refractivity contribution in [3.63, 3.8) is 0 Å². The summed E-state index contributed by atoms with van der Waals surface area (Å²) < 4.78 is 12.3. The minimum absolute atomic E-state index is 0.381. The van der Waals surface area contributed by atoms with E-state index in [-0.39, 0.29) is 6.67 Å². The van der Waals surface area contributed by atoms with Gasteiger partial charge in [-0.3, -0.25) is 0 Å². The summed E-state index contributed by atoms with van der Waals surface area (Å²) in [6.45, 7) is 1.79. The van der Waals surface area contributed by atoms with Gasteiger partial charge in [-0.2, -0.15) is 0 Å². The average molecular weight is 208 g/mol. The van der Waals surface area contributed by atoms with Gasteiger partial charge in [0.25, 0.3) is 0 Å². The van der Waals surface area contributed by atoms with Crippen LogP contribution in [0.1, 0.15) is 18.4 Å². The molecule has 1 aromatic rings. The molecular weight excluding hydrogens is 191 g/mol. The van der Waals surface area contributed by atoms with E-state index >= 15 is 0 Å². The molecule has 1 fully saturated rings. The van der Waals surface area contributed by atoms with E-state index < -0.39 is 0 Å². The second kappa shape index (κ2) is 5.12. The first-order valence-electron chi connectivity index (χ1n) is 5.50. The van der Waals surface area contributed by atoms with Crippen LogP contribution in [0.25, 0.3) is 0 Å². The third-order valence-electron chi connectivity index (χ3n) is 2.82. The van der Waals surface area contributed by atoms with Gasteiger partial charge in [-0.1, -0.05) is 12.1 Å². The molecule has 0 atom stereocenters. The van der Waals surface area contributed by atoms with Crippen LogP contribution < -0.4 is 10.6 Å². The molecule has 2 nitrogen and oxygen atoms in total. The lowest BCUT2D eigenvalue weighted by Crippen LogP contribution is -2.35. The third-order valence-corrected chi connectivity index (χ3v) is 2.82. The maximum absolute atomic E-state index is 12.3. The standard InChI is InChI=1S/C12H17FN2/c13-9-10-1-3-11(4-2-10)15-12-5-7-14-8-6-12/h1-4,12,14-15H,5-9H2. The van der Waals surface area contributed by atoms with Gasteiger partial charge in [0.15, 0.2) is 0 Å². The Morgan fingerprint density at radius 3 is 2.47 bits per heavy atom. The highest BCUT2D eigenvalue weighted by molar-refractivity contribution is 5.45. The Morgan fingerprint density at radius 1 is 1.20 bits per heavy atom. The number of anilines is 1. The van der Waals surface area contributed by atoms with Crippen molar-refractivity contribution in [1.82, 2.24) is 5.32 Å². The molecule has 1 aliphatic rings. The Bertz CT molecular complexity index is 291. The lowest BCUT2D eigenvalue weighted by Gasteiger charge is -2.24. The summed E-state index contributed by atoms with van der Waals surface area (Å²) in [7, 11) is 0. The summed E-state index contributed by atoms with van der Waals surface area (Å²) in [5, 5.41) is 6.80. The SMILES string of the molecule is FCc1ccc(NC2CCNCC2)cc1. The fourth-order valence-electron chi connectivity index (χ4n) is 1.89. The lowest BCUT2D eigenvalue weighted by atomic mass is 10.1. The number of nitrogens with one attached hydrogen (secondary N) is 2. The Balaban J connectivity index is 1.91. The first kappa shape index (κ1) is 10.4. The predicted molar refractivity (Wildman–Crippen MR) is 60.8 cm³/mol. The maximum Gasteiger partial charge on any atom is 0.115 e. The van der Waals surface area contributed by atoms with Crippen molar-refractivity contribution >= 4 is 5.69 Å². The van der Waals surface area contributed by atoms with Crippen molar-refractivity contribution < 1.29 is 4.39 Å². The highest BCUT2D eigenvalue weighted by atomic mass is 19.1. The van der Waals surface area contributed by atoms with Gasteiger partial charge in [0.2, 0.25) is 0 Å². The Labute approximate surface area is 89.9 Å². The van der Waals surface area contributed by atoms with E-state index in [1.807, 2.05) is 24.3 Å². The zero-order chi connectivity index (χ0) is 10.5. The number of hydrogen-bond acceptors (Lipinski definition) is 2. The molecular formula is C12H17FN2. The molecule has 82 valence electrons. The van der Waals surface area contributed by atoms with Crippen LogP contribution in [0, 0.1) is 0 Å². The van der Waals surface area contributed by atoms with Crippen LogP contribution in [0.4, 0.5) is 10.1 Å². The molecule has 2 rings (SSSR count). The summed E-state index contributed by atoms with van der Waals surface area (Å²) in [6.07, 6.45) is 2.32. The summed E-state index contributed by atoms with van der Waals surface area (Å²) in [5.41, 5.74) is 1.84. The Morgan fingerprint density at radius 2 is 1.87 bits per heavy atom. The first-order valence-corrected chi connectivity index (χ1v) is 5.50. The van der Waals surface area contributed by atoms with Gasteiger partial charge in [-0.25, -0.2) is 4.39 Å². The van der Waals surface area contributed by atoms with E-state index in [0.717, 1.165) is 37.2 Å². The molecule has 2 N–H and O–H groups in total. The van der Waals surface area contributed by atoms with Crippen molar-refractivity contribution in [2.75, 3.05) is 18.4 Å². The number of alkyl halides is 1. The van der Waals surface area contributed by atoms with Crippen LogP contribution in [0.2, 0.25) is 0 Å². The fraction of sp³-hybridized carbons (Fsp3) is 0.500. The lowest BCUT2D eigenvalue weighted by molar-refractivity contribution is 0.478. The van der Waals surface area contributed by atoms with E-state index in [1.54, 1.807) is 0 Å². The van der Waals surface area contributed by atoms with Gasteiger partial charge in [0, 0.05) is 11.7 Å². The smallest absolute Gasteiger partial charge is 0.115 e. The van der Waals surface area contributed by atoms with Crippen LogP contribution in [0.3, 0.4) is 0 Å². The average Bonchev–Trinajstić information content (AvgIpc) is 2.31. The third kappa shape index (κ3) is 2.93. The molecule has 0 spiro atoms. The quantitative estimate of drug-likeness (QED) is 0.796. The molecule has 1 aliphatic heterocycles. The van der Waals surface area contributed by atoms with Crippen LogP contribution >= 0.6 is 0 Å². The second-order valence-corrected chi connectivity index (χ2v) is 4.00. The molecule has 0 aromatic heterocycles. The van der Waals surface area contributed by atoms with Gasteiger partial charge in [0.1, 0.15) is 6.67 Å². The van der Waals surface area contributed by atoms with Crippen LogP contribution in [-0.4, -0.2) is 19.1 Å². The number of piperidine rings is 1. The molecule has 1 aromatic carbocycles. The van der Waals surface area contributed by atoms with Crippen molar-refractivity contribution in [3.05, 3.63) is 29.8 Å². The summed E-state index contributed by atoms with van der Waals surface area (Å²) in [5.74, 6) is 0. The molecule has 3 heteroatoms. The minimum atomic E-state index is -0.381. The van der Waals surface area contributed by atoms with E-state index in [4.69, 9.17) is 0 Å². The molecule has 1 heterocycles. The molecule has 0 unspecified atom stereocenters. The molecule has 0 amide bonds. The zero-order valence-corrected chi connectivity index (χ0v) is 8.80. The second-order valence-electron chi connectivity index (χ2n) is 4.00. The largest absolute Gasteiger partial charge is 0.382 e. The van der Waals surface area contributed by atoms with E-state index in [9.17, 15) is 4.39 Å². The highest BCUT2D eigenvalue weighted by Gasteiger charge is 2.11.